The molecule has 0 saturated carbocycles. The number of hydrogen-bond donors (Lipinski definition) is 2. The lowest BCUT2D eigenvalue weighted by molar-refractivity contribution is 0.0941. The molecule has 0 spiro atoms. The summed E-state index contributed by atoms with van der Waals surface area (Å²) in [6, 6.07) is 11.1. The van der Waals surface area contributed by atoms with Gasteiger partial charge in [0, 0.05) is 51.4 Å². The van der Waals surface area contributed by atoms with Crippen LogP contribution in [0.15, 0.2) is 42.5 Å². The number of fused-ring (bicyclic) bond motifs is 1. The number of carbonyl (C=O) groups excluding carboxylic acids is 2. The molecule has 0 aromatic heterocycles. The van der Waals surface area contributed by atoms with Crippen molar-refractivity contribution in [2.24, 2.45) is 0 Å². The lowest BCUT2D eigenvalue weighted by Gasteiger charge is -2.34. The van der Waals surface area contributed by atoms with Gasteiger partial charge in [-0.3, -0.25) is 9.69 Å². The zero-order valence-electron chi connectivity index (χ0n) is 17.1. The van der Waals surface area contributed by atoms with Gasteiger partial charge in [0.2, 0.25) is 6.79 Å². The fourth-order valence-corrected chi connectivity index (χ4v) is 3.53. The van der Waals surface area contributed by atoms with E-state index >= 15 is 0 Å². The summed E-state index contributed by atoms with van der Waals surface area (Å²) >= 11 is 0. The summed E-state index contributed by atoms with van der Waals surface area (Å²) in [6.45, 7) is 4.48. The van der Waals surface area contributed by atoms with Gasteiger partial charge in [-0.2, -0.15) is 0 Å². The number of benzene rings is 2. The second kappa shape index (κ2) is 9.65. The molecule has 1 saturated heterocycles. The van der Waals surface area contributed by atoms with Gasteiger partial charge < -0.3 is 25.0 Å². The second-order valence-corrected chi connectivity index (χ2v) is 7.44. The van der Waals surface area contributed by atoms with Gasteiger partial charge in [0.15, 0.2) is 11.5 Å². The van der Waals surface area contributed by atoms with E-state index in [4.69, 9.17) is 9.47 Å². The highest BCUT2D eigenvalue weighted by Gasteiger charge is 2.21. The summed E-state index contributed by atoms with van der Waals surface area (Å²) < 4.78 is 23.5. The molecule has 31 heavy (non-hydrogen) atoms. The van der Waals surface area contributed by atoms with Crippen molar-refractivity contribution < 1.29 is 23.5 Å². The molecule has 4 rings (SSSR count). The molecule has 2 N–H and O–H groups in total. The molecule has 2 aliphatic heterocycles. The fourth-order valence-electron chi connectivity index (χ4n) is 3.53. The van der Waals surface area contributed by atoms with Gasteiger partial charge in [0.1, 0.15) is 5.82 Å². The Bertz CT molecular complexity index is 930. The number of nitrogens with one attached hydrogen (secondary N) is 2. The molecule has 0 atom stereocenters. The zero-order valence-corrected chi connectivity index (χ0v) is 17.1. The molecule has 0 aliphatic carbocycles. The van der Waals surface area contributed by atoms with Crippen molar-refractivity contribution in [2.45, 2.75) is 6.54 Å². The summed E-state index contributed by atoms with van der Waals surface area (Å²) in [7, 11) is 0. The first-order chi connectivity index (χ1) is 15.1. The zero-order chi connectivity index (χ0) is 21.6. The first-order valence-electron chi connectivity index (χ1n) is 10.3. The Morgan fingerprint density at radius 1 is 0.935 bits per heavy atom. The minimum absolute atomic E-state index is 0.125. The van der Waals surface area contributed by atoms with Crippen molar-refractivity contribution in [1.29, 1.82) is 0 Å². The van der Waals surface area contributed by atoms with E-state index in [0.717, 1.165) is 18.7 Å². The van der Waals surface area contributed by atoms with Crippen molar-refractivity contribution in [2.75, 3.05) is 46.1 Å². The van der Waals surface area contributed by atoms with Gasteiger partial charge in [0.25, 0.3) is 5.91 Å². The van der Waals surface area contributed by atoms with Crippen LogP contribution < -0.4 is 20.1 Å². The minimum atomic E-state index is -0.293. The highest BCUT2D eigenvalue weighted by molar-refractivity contribution is 5.94. The Morgan fingerprint density at radius 2 is 1.68 bits per heavy atom. The predicted molar refractivity (Wildman–Crippen MR) is 112 cm³/mol. The third kappa shape index (κ3) is 5.43. The molecular weight excluding hydrogens is 403 g/mol. The predicted octanol–water partition coefficient (Wildman–Crippen LogP) is 1.81. The molecule has 9 heteroatoms. The normalized spacial score (nSPS) is 15.6. The number of carbonyl (C=O) groups is 2. The number of ether oxygens (including phenoxy) is 2. The molecule has 2 aliphatic rings. The molecule has 0 bridgehead atoms. The lowest BCUT2D eigenvalue weighted by atomic mass is 10.2. The minimum Gasteiger partial charge on any atom is -0.454 e. The summed E-state index contributed by atoms with van der Waals surface area (Å²) in [5, 5.41) is 5.78. The summed E-state index contributed by atoms with van der Waals surface area (Å²) in [6.07, 6.45) is 0. The Hall–Kier alpha value is -3.33. The smallest absolute Gasteiger partial charge is 0.317 e. The number of piperazine rings is 1. The average Bonchev–Trinajstić information content (AvgIpc) is 3.27. The second-order valence-electron chi connectivity index (χ2n) is 7.44. The molecule has 8 nitrogen and oxygen atoms in total. The van der Waals surface area contributed by atoms with E-state index in [1.54, 1.807) is 35.2 Å². The fraction of sp³-hybridized carbons (Fsp3) is 0.364. The number of halogens is 1. The van der Waals surface area contributed by atoms with Crippen LogP contribution in [-0.4, -0.2) is 67.8 Å². The van der Waals surface area contributed by atoms with Crippen LogP contribution >= 0.6 is 0 Å². The molecule has 2 aromatic carbocycles. The third-order valence-corrected chi connectivity index (χ3v) is 5.36. The largest absolute Gasteiger partial charge is 0.454 e. The number of amides is 3. The number of urea groups is 1. The molecule has 2 aromatic rings. The summed E-state index contributed by atoms with van der Waals surface area (Å²) in [5.74, 6) is 0.785. The maximum Gasteiger partial charge on any atom is 0.317 e. The van der Waals surface area contributed by atoms with E-state index in [-0.39, 0.29) is 24.5 Å². The van der Waals surface area contributed by atoms with Crippen molar-refractivity contribution in [3.05, 3.63) is 59.4 Å². The highest BCUT2D eigenvalue weighted by Crippen LogP contribution is 2.32. The van der Waals surface area contributed by atoms with Gasteiger partial charge in [-0.05, 0) is 35.9 Å². The Kier molecular flexibility index (Phi) is 6.51. The van der Waals surface area contributed by atoms with Gasteiger partial charge in [-0.1, -0.05) is 12.1 Å². The van der Waals surface area contributed by atoms with Crippen LogP contribution in [0.5, 0.6) is 11.5 Å². The Morgan fingerprint density at radius 3 is 2.45 bits per heavy atom. The molecule has 0 unspecified atom stereocenters. The van der Waals surface area contributed by atoms with Crippen molar-refractivity contribution >= 4 is 11.9 Å². The average molecular weight is 428 g/mol. The van der Waals surface area contributed by atoms with Crippen LogP contribution in [0.3, 0.4) is 0 Å². The van der Waals surface area contributed by atoms with E-state index in [9.17, 15) is 14.0 Å². The molecular formula is C22H25FN4O4. The van der Waals surface area contributed by atoms with Crippen LogP contribution in [0.1, 0.15) is 15.9 Å². The lowest BCUT2D eigenvalue weighted by Crippen LogP contribution is -2.52. The topological polar surface area (TPSA) is 83.1 Å². The first kappa shape index (κ1) is 20.9. The van der Waals surface area contributed by atoms with E-state index in [2.05, 4.69) is 15.5 Å². The van der Waals surface area contributed by atoms with Crippen molar-refractivity contribution in [1.82, 2.24) is 20.4 Å². The highest BCUT2D eigenvalue weighted by atomic mass is 19.1. The number of rotatable bonds is 6. The maximum absolute atomic E-state index is 12.9. The van der Waals surface area contributed by atoms with Gasteiger partial charge >= 0.3 is 6.03 Å². The van der Waals surface area contributed by atoms with Gasteiger partial charge in [-0.15, -0.1) is 0 Å². The van der Waals surface area contributed by atoms with Crippen LogP contribution in [0.2, 0.25) is 0 Å². The standard InChI is InChI=1S/C22H25FN4O4/c23-18-4-1-16(2-5-18)14-25-22(29)27-11-9-26(10-12-27)8-7-24-21(28)17-3-6-19-20(13-17)31-15-30-19/h1-6,13H,7-12,14-15H2,(H,24,28)(H,25,29). The monoisotopic (exact) mass is 428 g/mol. The molecule has 3 amide bonds. The van der Waals surface area contributed by atoms with Crippen LogP contribution in [0.25, 0.3) is 0 Å². The van der Waals surface area contributed by atoms with Crippen LogP contribution in [0, 0.1) is 5.82 Å². The third-order valence-electron chi connectivity index (χ3n) is 5.36. The number of hydrogen-bond acceptors (Lipinski definition) is 5. The van der Waals surface area contributed by atoms with Crippen LogP contribution in [-0.2, 0) is 6.54 Å². The maximum atomic E-state index is 12.9. The summed E-state index contributed by atoms with van der Waals surface area (Å²) in [5.41, 5.74) is 1.39. The number of nitrogens with zero attached hydrogens (tertiary/aromatic N) is 2. The Labute approximate surface area is 179 Å². The van der Waals surface area contributed by atoms with E-state index < -0.39 is 0 Å². The SMILES string of the molecule is O=C(NCCN1CCN(C(=O)NCc2ccc(F)cc2)CC1)c1ccc2c(c1)OCO2. The van der Waals surface area contributed by atoms with Gasteiger partial charge in [-0.25, -0.2) is 9.18 Å². The van der Waals surface area contributed by atoms with E-state index in [1.807, 2.05) is 0 Å². The van der Waals surface area contributed by atoms with E-state index in [1.165, 1.54) is 12.1 Å². The van der Waals surface area contributed by atoms with Crippen LogP contribution in [0.4, 0.5) is 9.18 Å². The van der Waals surface area contributed by atoms with Gasteiger partial charge in [0.05, 0.1) is 0 Å². The van der Waals surface area contributed by atoms with Crippen molar-refractivity contribution in [3.63, 3.8) is 0 Å². The quantitative estimate of drug-likeness (QED) is 0.733. The van der Waals surface area contributed by atoms with E-state index in [0.29, 0.717) is 49.8 Å². The Balaban J connectivity index is 1.14. The molecule has 2 heterocycles. The molecule has 0 radical (unpaired) electrons. The molecule has 1 fully saturated rings. The van der Waals surface area contributed by atoms with Crippen molar-refractivity contribution in [3.8, 4) is 11.5 Å². The summed E-state index contributed by atoms with van der Waals surface area (Å²) in [4.78, 5) is 28.6. The molecule has 164 valence electrons. The first-order valence-corrected chi connectivity index (χ1v) is 10.3.